The predicted molar refractivity (Wildman–Crippen MR) is 78.3 cm³/mol. The van der Waals surface area contributed by atoms with E-state index in [2.05, 4.69) is 10.6 Å². The Morgan fingerprint density at radius 1 is 1.00 bits per heavy atom. The topological polar surface area (TPSA) is 115 Å². The number of carbonyl (C=O) groups excluding carboxylic acids is 3. The lowest BCUT2D eigenvalue weighted by Gasteiger charge is -2.18. The van der Waals surface area contributed by atoms with Crippen LogP contribution in [-0.4, -0.2) is 57.1 Å². The largest absolute Gasteiger partial charge is 0.447 e. The van der Waals surface area contributed by atoms with E-state index in [1.54, 1.807) is 13.8 Å². The second kappa shape index (κ2) is 13.6. The first kappa shape index (κ1) is 20.9. The minimum atomic E-state index is -0.748. The van der Waals surface area contributed by atoms with E-state index in [-0.39, 0.29) is 32.7 Å². The Bertz CT molecular complexity index is 348. The molecule has 0 unspecified atom stereocenters. The number of alkyl carbamates (subject to hydrolysis) is 2. The van der Waals surface area contributed by atoms with Crippen LogP contribution in [-0.2, 0) is 19.0 Å². The molecule has 0 atom stereocenters. The molecule has 0 aliphatic rings. The minimum Gasteiger partial charge on any atom is -0.447 e. The molecule has 0 heterocycles. The Balaban J connectivity index is 4.17. The molecule has 0 saturated carbocycles. The highest BCUT2D eigenvalue weighted by Gasteiger charge is 2.15. The first-order valence-corrected chi connectivity index (χ1v) is 7.35. The summed E-state index contributed by atoms with van der Waals surface area (Å²) in [4.78, 5) is 33.2. The molecule has 0 rings (SSSR count). The number of carbonyl (C=O) groups is 3. The fourth-order valence-corrected chi connectivity index (χ4v) is 1.40. The van der Waals surface area contributed by atoms with Gasteiger partial charge < -0.3 is 24.8 Å². The number of hydrogen-bond donors (Lipinski definition) is 3. The Morgan fingerprint density at radius 2 is 1.52 bits per heavy atom. The van der Waals surface area contributed by atoms with Crippen molar-refractivity contribution in [2.75, 3.05) is 32.9 Å². The normalized spacial score (nSPS) is 10.1. The molecule has 10 heteroatoms. The van der Waals surface area contributed by atoms with Gasteiger partial charge in [0.25, 0.3) is 0 Å². The van der Waals surface area contributed by atoms with Gasteiger partial charge in [0.05, 0.1) is 0 Å². The van der Waals surface area contributed by atoms with Crippen molar-refractivity contribution in [2.24, 2.45) is 0 Å². The molecular formula is C13H24FN3O6. The highest BCUT2D eigenvalue weighted by Crippen LogP contribution is 2.00. The SMILES string of the molecule is CCNC(=O)OCC(COC(=O)NCC)OCCCC(=O)NF. The van der Waals surface area contributed by atoms with Crippen LogP contribution >= 0.6 is 0 Å². The summed E-state index contributed by atoms with van der Waals surface area (Å²) in [6, 6.07) is 0. The van der Waals surface area contributed by atoms with Crippen molar-refractivity contribution < 1.29 is 33.1 Å². The Kier molecular flexibility index (Phi) is 12.3. The van der Waals surface area contributed by atoms with Crippen LogP contribution in [0.3, 0.4) is 0 Å². The van der Waals surface area contributed by atoms with Gasteiger partial charge >= 0.3 is 12.2 Å². The fraction of sp³-hybridized carbons (Fsp3) is 0.769. The van der Waals surface area contributed by atoms with Gasteiger partial charge in [-0.25, -0.2) is 9.59 Å². The second-order valence-corrected chi connectivity index (χ2v) is 4.37. The van der Waals surface area contributed by atoms with Crippen molar-refractivity contribution in [3.63, 3.8) is 0 Å². The van der Waals surface area contributed by atoms with Crippen LogP contribution in [0.5, 0.6) is 0 Å². The Hall–Kier alpha value is -2.10. The van der Waals surface area contributed by atoms with E-state index >= 15 is 0 Å². The molecule has 0 saturated heterocycles. The second-order valence-electron chi connectivity index (χ2n) is 4.37. The smallest absolute Gasteiger partial charge is 0.407 e. The lowest BCUT2D eigenvalue weighted by atomic mass is 10.3. The molecule has 0 radical (unpaired) electrons. The van der Waals surface area contributed by atoms with Gasteiger partial charge in [-0.05, 0) is 20.3 Å². The van der Waals surface area contributed by atoms with Gasteiger partial charge in [0.2, 0.25) is 5.91 Å². The average Bonchev–Trinajstić information content (AvgIpc) is 2.53. The molecule has 0 spiro atoms. The van der Waals surface area contributed by atoms with Crippen molar-refractivity contribution >= 4 is 18.1 Å². The van der Waals surface area contributed by atoms with Crippen LogP contribution in [0.1, 0.15) is 26.7 Å². The molecule has 3 amide bonds. The Morgan fingerprint density at radius 3 is 1.96 bits per heavy atom. The molecule has 0 aliphatic heterocycles. The van der Waals surface area contributed by atoms with E-state index in [1.807, 2.05) is 0 Å². The Labute approximate surface area is 134 Å². The zero-order valence-electron chi connectivity index (χ0n) is 13.4. The molecule has 0 aromatic carbocycles. The zero-order chi connectivity index (χ0) is 17.5. The number of rotatable bonds is 11. The third kappa shape index (κ3) is 12.2. The monoisotopic (exact) mass is 337 g/mol. The predicted octanol–water partition coefficient (Wildman–Crippen LogP) is 0.645. The number of hydrogen-bond acceptors (Lipinski definition) is 6. The fourth-order valence-electron chi connectivity index (χ4n) is 1.40. The summed E-state index contributed by atoms with van der Waals surface area (Å²) < 4.78 is 27.0. The standard InChI is InChI=1S/C13H24FN3O6/c1-3-15-12(19)22-8-10(9-23-13(20)16-4-2)21-7-5-6-11(18)17-14/h10H,3-9H2,1-2H3,(H,15,19)(H,16,20)(H,17,18). The number of halogens is 1. The van der Waals surface area contributed by atoms with E-state index in [0.29, 0.717) is 13.1 Å². The molecule has 23 heavy (non-hydrogen) atoms. The van der Waals surface area contributed by atoms with Crippen molar-refractivity contribution in [2.45, 2.75) is 32.8 Å². The summed E-state index contributed by atoms with van der Waals surface area (Å²) in [6.45, 7) is 4.18. The molecule has 134 valence electrons. The zero-order valence-corrected chi connectivity index (χ0v) is 13.4. The van der Waals surface area contributed by atoms with E-state index in [4.69, 9.17) is 14.2 Å². The summed E-state index contributed by atoms with van der Waals surface area (Å²) >= 11 is 0. The van der Waals surface area contributed by atoms with Gasteiger partial charge in [0.15, 0.2) is 0 Å². The van der Waals surface area contributed by atoms with E-state index in [9.17, 15) is 18.9 Å². The van der Waals surface area contributed by atoms with Gasteiger partial charge in [-0.3, -0.25) is 4.79 Å². The first-order valence-electron chi connectivity index (χ1n) is 7.35. The van der Waals surface area contributed by atoms with Crippen LogP contribution in [0, 0.1) is 0 Å². The van der Waals surface area contributed by atoms with Gasteiger partial charge in [-0.1, -0.05) is 0 Å². The molecule has 0 bridgehead atoms. The maximum absolute atomic E-state index is 11.8. The number of nitrogens with one attached hydrogen (secondary N) is 3. The third-order valence-corrected chi connectivity index (χ3v) is 2.45. The highest BCUT2D eigenvalue weighted by atomic mass is 19.2. The maximum Gasteiger partial charge on any atom is 0.407 e. The molecule has 3 N–H and O–H groups in total. The van der Waals surface area contributed by atoms with Crippen molar-refractivity contribution in [3.8, 4) is 0 Å². The maximum atomic E-state index is 11.8. The lowest BCUT2D eigenvalue weighted by Crippen LogP contribution is -2.34. The summed E-state index contributed by atoms with van der Waals surface area (Å²) in [6.07, 6.45) is -1.69. The van der Waals surface area contributed by atoms with Crippen molar-refractivity contribution in [1.29, 1.82) is 0 Å². The summed E-state index contributed by atoms with van der Waals surface area (Å²) in [7, 11) is 0. The quantitative estimate of drug-likeness (QED) is 0.376. The molecular weight excluding hydrogens is 313 g/mol. The number of ether oxygens (including phenoxy) is 3. The van der Waals surface area contributed by atoms with E-state index < -0.39 is 24.2 Å². The molecule has 0 fully saturated rings. The van der Waals surface area contributed by atoms with Crippen LogP contribution in [0.4, 0.5) is 14.1 Å². The van der Waals surface area contributed by atoms with Gasteiger partial charge in [-0.2, -0.15) is 5.54 Å². The number of amides is 3. The third-order valence-electron chi connectivity index (χ3n) is 2.45. The first-order chi connectivity index (χ1) is 11.0. The molecule has 9 nitrogen and oxygen atoms in total. The van der Waals surface area contributed by atoms with E-state index in [1.165, 1.54) is 0 Å². The summed E-state index contributed by atoms with van der Waals surface area (Å²) in [5.74, 6) is -0.748. The lowest BCUT2D eigenvalue weighted by molar-refractivity contribution is -0.125. The van der Waals surface area contributed by atoms with Crippen LogP contribution in [0.2, 0.25) is 0 Å². The highest BCUT2D eigenvalue weighted by molar-refractivity contribution is 5.74. The average molecular weight is 337 g/mol. The van der Waals surface area contributed by atoms with Crippen LogP contribution in [0.15, 0.2) is 0 Å². The van der Waals surface area contributed by atoms with Crippen LogP contribution < -0.4 is 16.2 Å². The molecule has 0 aromatic heterocycles. The van der Waals surface area contributed by atoms with Gasteiger partial charge in [-0.15, -0.1) is 4.48 Å². The van der Waals surface area contributed by atoms with Crippen molar-refractivity contribution in [3.05, 3.63) is 0 Å². The van der Waals surface area contributed by atoms with Crippen LogP contribution in [0.25, 0.3) is 0 Å². The van der Waals surface area contributed by atoms with Crippen molar-refractivity contribution in [1.82, 2.24) is 16.2 Å². The molecule has 0 aromatic rings. The van der Waals surface area contributed by atoms with Gasteiger partial charge in [0, 0.05) is 26.1 Å². The van der Waals surface area contributed by atoms with Gasteiger partial charge in [0.1, 0.15) is 19.3 Å². The summed E-state index contributed by atoms with van der Waals surface area (Å²) in [5.41, 5.74) is 1.01. The minimum absolute atomic E-state index is 0.0441. The summed E-state index contributed by atoms with van der Waals surface area (Å²) in [5, 5.41) is 4.89. The van der Waals surface area contributed by atoms with E-state index in [0.717, 1.165) is 5.54 Å². The molecule has 0 aliphatic carbocycles.